The third-order valence-corrected chi connectivity index (χ3v) is 8.75. The number of halogens is 1. The van der Waals surface area contributed by atoms with E-state index in [1.807, 2.05) is 72.8 Å². The number of Topliss-reactive ketones (excluding diaryl/α,β-unsaturated/α-hetero) is 1. The fourth-order valence-corrected chi connectivity index (χ4v) is 7.13. The molecule has 0 bridgehead atoms. The van der Waals surface area contributed by atoms with Crippen molar-refractivity contribution in [2.45, 2.75) is 18.8 Å². The van der Waals surface area contributed by atoms with Crippen molar-refractivity contribution in [2.75, 3.05) is 6.16 Å². The van der Waals surface area contributed by atoms with Crippen molar-refractivity contribution in [3.05, 3.63) is 95.0 Å². The molecule has 4 rings (SSSR count). The SMILES string of the molecule is O=C1CCC(CP(=O)(c2ccccc2)c2ccccc2)c2cc(Cl)ccc21. The zero-order valence-electron chi connectivity index (χ0n) is 14.8. The van der Waals surface area contributed by atoms with E-state index in [0.29, 0.717) is 24.0 Å². The molecule has 1 atom stereocenters. The molecule has 3 aromatic rings. The van der Waals surface area contributed by atoms with Gasteiger partial charge in [0.2, 0.25) is 0 Å². The molecule has 0 heterocycles. The van der Waals surface area contributed by atoms with E-state index in [-0.39, 0.29) is 11.7 Å². The van der Waals surface area contributed by atoms with Crippen molar-refractivity contribution in [1.29, 1.82) is 0 Å². The Balaban J connectivity index is 1.81. The predicted molar refractivity (Wildman–Crippen MR) is 112 cm³/mol. The molecule has 0 saturated carbocycles. The Bertz CT molecular complexity index is 972. The Morgan fingerprint density at radius 1 is 0.889 bits per heavy atom. The van der Waals surface area contributed by atoms with Crippen molar-refractivity contribution in [3.8, 4) is 0 Å². The maximum absolute atomic E-state index is 14.3. The van der Waals surface area contributed by atoms with Crippen LogP contribution in [0.3, 0.4) is 0 Å². The third-order valence-electron chi connectivity index (χ3n) is 5.30. The quantitative estimate of drug-likeness (QED) is 0.554. The van der Waals surface area contributed by atoms with Crippen molar-refractivity contribution in [2.24, 2.45) is 0 Å². The van der Waals surface area contributed by atoms with Crippen LogP contribution in [0.5, 0.6) is 0 Å². The first-order valence-corrected chi connectivity index (χ1v) is 11.4. The summed E-state index contributed by atoms with van der Waals surface area (Å²) in [6.45, 7) is 0. The molecule has 4 heteroatoms. The highest BCUT2D eigenvalue weighted by molar-refractivity contribution is 7.78. The second kappa shape index (κ2) is 7.46. The topological polar surface area (TPSA) is 34.1 Å². The van der Waals surface area contributed by atoms with Crippen LogP contribution in [0.25, 0.3) is 0 Å². The molecule has 2 nitrogen and oxygen atoms in total. The van der Waals surface area contributed by atoms with E-state index in [9.17, 15) is 9.36 Å². The monoisotopic (exact) mass is 394 g/mol. The molecule has 3 aromatic carbocycles. The van der Waals surface area contributed by atoms with Gasteiger partial charge in [0.1, 0.15) is 7.14 Å². The van der Waals surface area contributed by atoms with Crippen LogP contribution in [0, 0.1) is 0 Å². The number of carbonyl (C=O) groups is 1. The average Bonchev–Trinajstić information content (AvgIpc) is 2.71. The molecule has 1 unspecified atom stereocenters. The van der Waals surface area contributed by atoms with Crippen molar-refractivity contribution in [3.63, 3.8) is 0 Å². The molecule has 1 aliphatic rings. The van der Waals surface area contributed by atoms with Gasteiger partial charge >= 0.3 is 0 Å². The highest BCUT2D eigenvalue weighted by Crippen LogP contribution is 2.49. The molecule has 0 amide bonds. The Kier molecular flexibility index (Phi) is 5.04. The average molecular weight is 395 g/mol. The van der Waals surface area contributed by atoms with Gasteiger partial charge in [-0.05, 0) is 36.1 Å². The van der Waals surface area contributed by atoms with Gasteiger partial charge in [0.25, 0.3) is 0 Å². The Hall–Kier alpha value is -2.15. The van der Waals surface area contributed by atoms with Crippen LogP contribution in [0.15, 0.2) is 78.9 Å². The van der Waals surface area contributed by atoms with Crippen molar-refractivity contribution < 1.29 is 9.36 Å². The van der Waals surface area contributed by atoms with E-state index in [4.69, 9.17) is 11.6 Å². The van der Waals surface area contributed by atoms with Gasteiger partial charge in [-0.15, -0.1) is 0 Å². The molecule has 0 radical (unpaired) electrons. The van der Waals surface area contributed by atoms with Crippen molar-refractivity contribution >= 4 is 35.1 Å². The molecule has 0 spiro atoms. The molecule has 0 fully saturated rings. The first-order chi connectivity index (χ1) is 13.1. The number of fused-ring (bicyclic) bond motifs is 1. The Labute approximate surface area is 164 Å². The molecule has 1 aliphatic carbocycles. The van der Waals surface area contributed by atoms with Gasteiger partial charge in [0.05, 0.1) is 0 Å². The molecule has 136 valence electrons. The van der Waals surface area contributed by atoms with Gasteiger partial charge in [-0.1, -0.05) is 72.3 Å². The zero-order chi connectivity index (χ0) is 18.9. The molecule has 0 saturated heterocycles. The van der Waals surface area contributed by atoms with Crippen LogP contribution in [0.1, 0.15) is 34.7 Å². The highest BCUT2D eigenvalue weighted by atomic mass is 35.5. The predicted octanol–water partition coefficient (Wildman–Crippen LogP) is 5.41. The van der Waals surface area contributed by atoms with E-state index in [0.717, 1.165) is 21.7 Å². The van der Waals surface area contributed by atoms with Gasteiger partial charge < -0.3 is 4.57 Å². The van der Waals surface area contributed by atoms with Crippen LogP contribution in [0.2, 0.25) is 5.02 Å². The van der Waals surface area contributed by atoms with Crippen LogP contribution in [-0.2, 0) is 4.57 Å². The number of rotatable bonds is 4. The summed E-state index contributed by atoms with van der Waals surface area (Å²) in [5.74, 6) is 0.190. The number of carbonyl (C=O) groups excluding carboxylic acids is 1. The normalized spacial score (nSPS) is 16.8. The standard InChI is InChI=1S/C23H20ClO2P/c24-18-12-13-21-22(15-18)17(11-14-23(21)25)16-27(26,19-7-3-1-4-8-19)20-9-5-2-6-10-20/h1-10,12-13,15,17H,11,14,16H2. The van der Waals surface area contributed by atoms with E-state index in [2.05, 4.69) is 0 Å². The Morgan fingerprint density at radius 3 is 2.07 bits per heavy atom. The lowest BCUT2D eigenvalue weighted by molar-refractivity contribution is 0.0968. The Morgan fingerprint density at radius 2 is 1.48 bits per heavy atom. The van der Waals surface area contributed by atoms with E-state index < -0.39 is 7.14 Å². The maximum atomic E-state index is 14.3. The first-order valence-electron chi connectivity index (χ1n) is 9.11. The molecule has 27 heavy (non-hydrogen) atoms. The summed E-state index contributed by atoms with van der Waals surface area (Å²) in [6.07, 6.45) is 1.69. The van der Waals surface area contributed by atoms with Crippen LogP contribution in [-0.4, -0.2) is 11.9 Å². The van der Waals surface area contributed by atoms with Crippen molar-refractivity contribution in [1.82, 2.24) is 0 Å². The van der Waals surface area contributed by atoms with Gasteiger partial charge in [-0.25, -0.2) is 0 Å². The lowest BCUT2D eigenvalue weighted by Gasteiger charge is -2.29. The minimum Gasteiger partial charge on any atom is -0.314 e. The minimum absolute atomic E-state index is 0.0441. The van der Waals surface area contributed by atoms with E-state index in [1.54, 1.807) is 6.07 Å². The fraction of sp³-hybridized carbons (Fsp3) is 0.174. The largest absolute Gasteiger partial charge is 0.314 e. The lowest BCUT2D eigenvalue weighted by Crippen LogP contribution is -2.25. The summed E-state index contributed by atoms with van der Waals surface area (Å²) < 4.78 is 14.3. The molecule has 0 aromatic heterocycles. The van der Waals surface area contributed by atoms with Gasteiger partial charge in [-0.2, -0.15) is 0 Å². The number of hydrogen-bond donors (Lipinski definition) is 0. The number of hydrogen-bond acceptors (Lipinski definition) is 2. The third kappa shape index (κ3) is 3.52. The summed E-state index contributed by atoms with van der Waals surface area (Å²) in [7, 11) is -2.84. The van der Waals surface area contributed by atoms with Gasteiger partial charge in [0.15, 0.2) is 5.78 Å². The highest BCUT2D eigenvalue weighted by Gasteiger charge is 2.35. The lowest BCUT2D eigenvalue weighted by atomic mass is 9.83. The van der Waals surface area contributed by atoms with Gasteiger partial charge in [0, 0.05) is 33.8 Å². The number of benzene rings is 3. The second-order valence-corrected chi connectivity index (χ2v) is 10.3. The van der Waals surface area contributed by atoms with Gasteiger partial charge in [-0.3, -0.25) is 4.79 Å². The minimum atomic E-state index is -2.84. The fourth-order valence-electron chi connectivity index (χ4n) is 3.92. The van der Waals surface area contributed by atoms with E-state index >= 15 is 0 Å². The first kappa shape index (κ1) is 18.2. The van der Waals surface area contributed by atoms with Crippen LogP contribution < -0.4 is 10.6 Å². The van der Waals surface area contributed by atoms with E-state index in [1.165, 1.54) is 0 Å². The summed E-state index contributed by atoms with van der Waals surface area (Å²) in [5, 5.41) is 2.33. The second-order valence-electron chi connectivity index (χ2n) is 6.98. The zero-order valence-corrected chi connectivity index (χ0v) is 16.5. The molecule has 0 N–H and O–H groups in total. The maximum Gasteiger partial charge on any atom is 0.163 e. The summed E-state index contributed by atoms with van der Waals surface area (Å²) in [6, 6.07) is 24.8. The summed E-state index contributed by atoms with van der Waals surface area (Å²) in [4.78, 5) is 12.3. The summed E-state index contributed by atoms with van der Waals surface area (Å²) in [5.41, 5.74) is 1.66. The molecular formula is C23H20ClO2P. The smallest absolute Gasteiger partial charge is 0.163 e. The van der Waals surface area contributed by atoms with Crippen LogP contribution >= 0.6 is 18.7 Å². The van der Waals surface area contributed by atoms with Crippen LogP contribution in [0.4, 0.5) is 0 Å². The summed E-state index contributed by atoms with van der Waals surface area (Å²) >= 11 is 6.21. The molecular weight excluding hydrogens is 375 g/mol. The number of ketones is 1. The molecule has 0 aliphatic heterocycles.